The summed E-state index contributed by atoms with van der Waals surface area (Å²) in [5.41, 5.74) is 5.96. The maximum absolute atomic E-state index is 14.6. The van der Waals surface area contributed by atoms with E-state index in [9.17, 15) is 9.59 Å². The van der Waals surface area contributed by atoms with Crippen molar-refractivity contribution >= 4 is 29.4 Å². The van der Waals surface area contributed by atoms with Crippen molar-refractivity contribution in [1.82, 2.24) is 0 Å². The van der Waals surface area contributed by atoms with Crippen molar-refractivity contribution in [2.24, 2.45) is 16.8 Å². The van der Waals surface area contributed by atoms with Crippen LogP contribution in [-0.2, 0) is 21.4 Å². The van der Waals surface area contributed by atoms with Gasteiger partial charge in [-0.15, -0.1) is 0 Å². The van der Waals surface area contributed by atoms with E-state index < -0.39 is 17.3 Å². The van der Waals surface area contributed by atoms with E-state index in [4.69, 9.17) is 9.73 Å². The lowest BCUT2D eigenvalue weighted by atomic mass is 9.47. The molecule has 5 heteroatoms. The van der Waals surface area contributed by atoms with E-state index in [2.05, 4.69) is 43.3 Å². The van der Waals surface area contributed by atoms with Crippen LogP contribution in [0.2, 0.25) is 0 Å². The number of para-hydroxylation sites is 2. The van der Waals surface area contributed by atoms with Crippen LogP contribution in [0.15, 0.2) is 102 Å². The molecule has 4 aromatic rings. The molecule has 198 valence electrons. The Kier molecular flexibility index (Phi) is 5.70. The Hall–Kier alpha value is -4.51. The Labute approximate surface area is 234 Å². The van der Waals surface area contributed by atoms with Gasteiger partial charge in [0.2, 0.25) is 11.8 Å². The first-order valence-corrected chi connectivity index (χ1v) is 14.0. The van der Waals surface area contributed by atoms with Crippen molar-refractivity contribution in [2.75, 3.05) is 11.5 Å². The van der Waals surface area contributed by atoms with Crippen molar-refractivity contribution in [3.8, 4) is 5.75 Å². The van der Waals surface area contributed by atoms with Crippen LogP contribution in [0.4, 0.5) is 11.4 Å². The molecule has 2 atom stereocenters. The van der Waals surface area contributed by atoms with Crippen LogP contribution >= 0.6 is 0 Å². The molecule has 1 saturated heterocycles. The highest BCUT2D eigenvalue weighted by Gasteiger charge is 2.68. The van der Waals surface area contributed by atoms with Gasteiger partial charge in [-0.1, -0.05) is 79.7 Å². The predicted molar refractivity (Wildman–Crippen MR) is 157 cm³/mol. The van der Waals surface area contributed by atoms with Crippen molar-refractivity contribution in [2.45, 2.75) is 31.6 Å². The van der Waals surface area contributed by atoms with Gasteiger partial charge >= 0.3 is 0 Å². The molecule has 1 heterocycles. The maximum Gasteiger partial charge on any atom is 0.239 e. The molecule has 2 bridgehead atoms. The van der Waals surface area contributed by atoms with Crippen LogP contribution in [-0.4, -0.2) is 24.6 Å². The summed E-state index contributed by atoms with van der Waals surface area (Å²) in [6, 6.07) is 32.0. The first-order valence-electron chi connectivity index (χ1n) is 14.0. The normalized spacial score (nSPS) is 24.2. The number of rotatable bonds is 6. The van der Waals surface area contributed by atoms with Crippen LogP contribution in [0.25, 0.3) is 0 Å². The fourth-order valence-electron chi connectivity index (χ4n) is 7.20. The first kappa shape index (κ1) is 24.5. The second kappa shape index (κ2) is 9.30. The number of nitrogens with zero attached hydrogens (tertiary/aromatic N) is 2. The molecule has 0 aromatic heterocycles. The van der Waals surface area contributed by atoms with Crippen molar-refractivity contribution < 1.29 is 14.3 Å². The van der Waals surface area contributed by atoms with Gasteiger partial charge in [0.15, 0.2) is 0 Å². The number of anilines is 1. The second-order valence-electron chi connectivity index (χ2n) is 10.7. The SMILES string of the molecule is CCOc1ccccc1N1C(=O)C2C3c4ccccc4C(C=Nc4ccc(CC)cc4)(c4ccccc43)C2C1=O. The zero-order chi connectivity index (χ0) is 27.4. The molecule has 0 radical (unpaired) electrons. The second-order valence-corrected chi connectivity index (χ2v) is 10.7. The van der Waals surface area contributed by atoms with E-state index in [-0.39, 0.29) is 17.7 Å². The minimum atomic E-state index is -0.891. The van der Waals surface area contributed by atoms with Gasteiger partial charge in [0.05, 0.1) is 35.2 Å². The lowest BCUT2D eigenvalue weighted by molar-refractivity contribution is -0.122. The average Bonchev–Trinajstić information content (AvgIpc) is 3.27. The lowest BCUT2D eigenvalue weighted by Gasteiger charge is -2.52. The molecule has 2 unspecified atom stereocenters. The standard InChI is InChI=1S/C35H30N2O3/c1-3-22-17-19-23(20-18-22)36-21-35-26-13-7-5-11-24(26)30(25-12-6-8-14-27(25)35)31-32(35)34(39)37(33(31)38)28-15-9-10-16-29(28)40-4-2/h5-21,30-32H,3-4H2,1-2H3. The van der Waals surface area contributed by atoms with E-state index in [0.717, 1.165) is 34.4 Å². The van der Waals surface area contributed by atoms with Gasteiger partial charge in [-0.3, -0.25) is 14.6 Å². The number of aryl methyl sites for hydroxylation is 1. The smallest absolute Gasteiger partial charge is 0.239 e. The van der Waals surface area contributed by atoms with Crippen LogP contribution < -0.4 is 9.64 Å². The number of carbonyl (C=O) groups excluding carboxylic acids is 2. The van der Waals surface area contributed by atoms with Gasteiger partial charge in [0.25, 0.3) is 0 Å². The Morgan fingerprint density at radius 3 is 2.08 bits per heavy atom. The molecule has 2 amide bonds. The average molecular weight is 527 g/mol. The number of amides is 2. The Bertz CT molecular complexity index is 1620. The molecule has 1 aliphatic heterocycles. The minimum Gasteiger partial charge on any atom is -0.492 e. The van der Waals surface area contributed by atoms with Gasteiger partial charge in [-0.2, -0.15) is 0 Å². The highest BCUT2D eigenvalue weighted by molar-refractivity contribution is 6.25. The molecule has 1 fully saturated rings. The molecule has 5 nitrogen and oxygen atoms in total. The highest BCUT2D eigenvalue weighted by atomic mass is 16.5. The van der Waals surface area contributed by atoms with Crippen molar-refractivity contribution in [3.05, 3.63) is 125 Å². The Balaban J connectivity index is 1.47. The van der Waals surface area contributed by atoms with E-state index in [0.29, 0.717) is 18.0 Å². The monoisotopic (exact) mass is 526 g/mol. The third-order valence-electron chi connectivity index (χ3n) is 8.85. The van der Waals surface area contributed by atoms with Gasteiger partial charge in [0, 0.05) is 12.1 Å². The van der Waals surface area contributed by atoms with E-state index in [1.807, 2.05) is 67.7 Å². The molecular formula is C35H30N2O3. The summed E-state index contributed by atoms with van der Waals surface area (Å²) in [5.74, 6) is -1.22. The lowest BCUT2D eigenvalue weighted by Crippen LogP contribution is -2.54. The first-order chi connectivity index (χ1) is 19.6. The summed E-state index contributed by atoms with van der Waals surface area (Å²) in [5, 5.41) is 0. The maximum atomic E-state index is 14.6. The molecule has 4 aromatic carbocycles. The predicted octanol–water partition coefficient (Wildman–Crippen LogP) is 6.60. The molecule has 40 heavy (non-hydrogen) atoms. The number of carbonyl (C=O) groups is 2. The third-order valence-corrected chi connectivity index (χ3v) is 8.85. The summed E-state index contributed by atoms with van der Waals surface area (Å²) in [6.07, 6.45) is 2.90. The van der Waals surface area contributed by atoms with Crippen LogP contribution in [0.1, 0.15) is 47.6 Å². The Morgan fingerprint density at radius 2 is 1.43 bits per heavy atom. The molecule has 0 N–H and O–H groups in total. The number of hydrogen-bond donors (Lipinski definition) is 0. The minimum absolute atomic E-state index is 0.179. The summed E-state index contributed by atoms with van der Waals surface area (Å²) in [4.78, 5) is 35.4. The van der Waals surface area contributed by atoms with Crippen LogP contribution in [0.3, 0.4) is 0 Å². The fourth-order valence-corrected chi connectivity index (χ4v) is 7.20. The number of ether oxygens (including phenoxy) is 1. The third kappa shape index (κ3) is 3.30. The number of imide groups is 1. The van der Waals surface area contributed by atoms with Crippen molar-refractivity contribution in [1.29, 1.82) is 0 Å². The van der Waals surface area contributed by atoms with Gasteiger partial charge in [-0.25, -0.2) is 4.90 Å². The zero-order valence-electron chi connectivity index (χ0n) is 22.6. The molecule has 3 aliphatic carbocycles. The summed E-state index contributed by atoms with van der Waals surface area (Å²) >= 11 is 0. The summed E-state index contributed by atoms with van der Waals surface area (Å²) in [7, 11) is 0. The summed E-state index contributed by atoms with van der Waals surface area (Å²) in [6.45, 7) is 4.47. The Morgan fingerprint density at radius 1 is 0.800 bits per heavy atom. The van der Waals surface area contributed by atoms with E-state index in [1.54, 1.807) is 6.07 Å². The molecular weight excluding hydrogens is 496 g/mol. The number of hydrogen-bond acceptors (Lipinski definition) is 4. The highest BCUT2D eigenvalue weighted by Crippen LogP contribution is 2.64. The van der Waals surface area contributed by atoms with Crippen LogP contribution in [0.5, 0.6) is 5.75 Å². The quantitative estimate of drug-likeness (QED) is 0.210. The molecule has 8 rings (SSSR count). The topological polar surface area (TPSA) is 59.0 Å². The largest absolute Gasteiger partial charge is 0.492 e. The zero-order valence-corrected chi connectivity index (χ0v) is 22.6. The summed E-state index contributed by atoms with van der Waals surface area (Å²) < 4.78 is 5.87. The fraction of sp³-hybridized carbons (Fsp3) is 0.229. The van der Waals surface area contributed by atoms with Gasteiger partial charge in [0.1, 0.15) is 5.75 Å². The number of benzene rings is 4. The van der Waals surface area contributed by atoms with Crippen molar-refractivity contribution in [3.63, 3.8) is 0 Å². The molecule has 4 aliphatic rings. The van der Waals surface area contributed by atoms with Gasteiger partial charge in [-0.05, 0) is 65.4 Å². The molecule has 0 saturated carbocycles. The number of aliphatic imine (C=N–C) groups is 1. The van der Waals surface area contributed by atoms with E-state index in [1.165, 1.54) is 10.5 Å². The van der Waals surface area contributed by atoms with Crippen LogP contribution in [0, 0.1) is 11.8 Å². The van der Waals surface area contributed by atoms with Gasteiger partial charge < -0.3 is 4.74 Å². The van der Waals surface area contributed by atoms with E-state index >= 15 is 0 Å². The molecule has 0 spiro atoms.